The minimum Gasteiger partial charge on any atom is -0.467 e. The number of esters is 1. The summed E-state index contributed by atoms with van der Waals surface area (Å²) in [7, 11) is 2.77. The smallest absolute Gasteiger partial charge is 0.328 e. The summed E-state index contributed by atoms with van der Waals surface area (Å²) in [5.41, 5.74) is 5.55. The molecule has 3 N–H and O–H groups in total. The number of methoxy groups -OCH3 is 2. The number of nitrogens with two attached hydrogens (primary N) is 1. The van der Waals surface area contributed by atoms with E-state index in [-0.39, 0.29) is 18.4 Å². The highest BCUT2D eigenvalue weighted by atomic mass is 16.5. The molecule has 1 aliphatic rings. The monoisotopic (exact) mass is 230 g/mol. The van der Waals surface area contributed by atoms with Gasteiger partial charge < -0.3 is 20.5 Å². The summed E-state index contributed by atoms with van der Waals surface area (Å²) in [4.78, 5) is 23.0. The van der Waals surface area contributed by atoms with E-state index in [0.717, 1.165) is 12.8 Å². The summed E-state index contributed by atoms with van der Waals surface area (Å²) in [5.74, 6) is -0.615. The Morgan fingerprint density at radius 2 is 2.06 bits per heavy atom. The van der Waals surface area contributed by atoms with Crippen LogP contribution in [-0.2, 0) is 19.1 Å². The van der Waals surface area contributed by atoms with Gasteiger partial charge >= 0.3 is 5.97 Å². The Hall–Kier alpha value is -1.14. The van der Waals surface area contributed by atoms with Crippen LogP contribution in [0.15, 0.2) is 0 Å². The van der Waals surface area contributed by atoms with Crippen LogP contribution in [0.5, 0.6) is 0 Å². The Balaban J connectivity index is 2.48. The molecule has 6 heteroatoms. The molecular weight excluding hydrogens is 212 g/mol. The molecule has 16 heavy (non-hydrogen) atoms. The quantitative estimate of drug-likeness (QED) is 0.573. The lowest BCUT2D eigenvalue weighted by Crippen LogP contribution is -2.51. The third kappa shape index (κ3) is 3.46. The Labute approximate surface area is 94.5 Å². The lowest BCUT2D eigenvalue weighted by molar-refractivity contribution is -0.146. The molecule has 6 nitrogen and oxygen atoms in total. The molecule has 1 amide bonds. The summed E-state index contributed by atoms with van der Waals surface area (Å²) >= 11 is 0. The average molecular weight is 230 g/mol. The van der Waals surface area contributed by atoms with E-state index in [4.69, 9.17) is 10.5 Å². The van der Waals surface area contributed by atoms with Crippen LogP contribution in [-0.4, -0.2) is 44.8 Å². The molecule has 0 bridgehead atoms. The van der Waals surface area contributed by atoms with E-state index in [0.29, 0.717) is 0 Å². The molecule has 0 heterocycles. The van der Waals surface area contributed by atoms with Crippen molar-refractivity contribution in [1.29, 1.82) is 0 Å². The van der Waals surface area contributed by atoms with Crippen molar-refractivity contribution in [1.82, 2.24) is 5.32 Å². The first-order chi connectivity index (χ1) is 7.60. The van der Waals surface area contributed by atoms with Gasteiger partial charge in [0, 0.05) is 7.11 Å². The standard InChI is InChI=1S/C10H18N2O4/c1-15-5-7(11)9(13)12-8(6-3-4-6)10(14)16-2/h6-8H,3-5,11H2,1-2H3,(H,12,13). The highest BCUT2D eigenvalue weighted by Gasteiger charge is 2.38. The molecule has 0 aliphatic heterocycles. The van der Waals surface area contributed by atoms with Gasteiger partial charge in [0.15, 0.2) is 0 Å². The van der Waals surface area contributed by atoms with Crippen molar-refractivity contribution >= 4 is 11.9 Å². The zero-order chi connectivity index (χ0) is 12.1. The van der Waals surface area contributed by atoms with Crippen LogP contribution in [0.4, 0.5) is 0 Å². The van der Waals surface area contributed by atoms with Crippen molar-refractivity contribution in [2.75, 3.05) is 20.8 Å². The highest BCUT2D eigenvalue weighted by molar-refractivity contribution is 5.87. The Morgan fingerprint density at radius 3 is 2.50 bits per heavy atom. The minimum atomic E-state index is -0.754. The van der Waals surface area contributed by atoms with E-state index in [1.807, 2.05) is 0 Å². The van der Waals surface area contributed by atoms with Crippen molar-refractivity contribution in [3.8, 4) is 0 Å². The summed E-state index contributed by atoms with van der Waals surface area (Å²) in [6.07, 6.45) is 1.86. The summed E-state index contributed by atoms with van der Waals surface area (Å²) in [5, 5.41) is 2.60. The van der Waals surface area contributed by atoms with Crippen LogP contribution in [0.3, 0.4) is 0 Å². The molecule has 1 rings (SSSR count). The summed E-state index contributed by atoms with van der Waals surface area (Å²) in [6, 6.07) is -1.32. The van der Waals surface area contributed by atoms with Crippen molar-refractivity contribution in [2.45, 2.75) is 24.9 Å². The Kier molecular flexibility index (Phi) is 4.70. The van der Waals surface area contributed by atoms with E-state index in [9.17, 15) is 9.59 Å². The highest BCUT2D eigenvalue weighted by Crippen LogP contribution is 2.33. The first-order valence-corrected chi connectivity index (χ1v) is 5.22. The number of nitrogens with one attached hydrogen (secondary N) is 1. The van der Waals surface area contributed by atoms with Gasteiger partial charge in [0.1, 0.15) is 12.1 Å². The van der Waals surface area contributed by atoms with Crippen molar-refractivity contribution in [2.24, 2.45) is 11.7 Å². The molecule has 0 aromatic carbocycles. The SMILES string of the molecule is COCC(N)C(=O)NC(C(=O)OC)C1CC1. The van der Waals surface area contributed by atoms with E-state index in [1.165, 1.54) is 14.2 Å². The number of rotatable bonds is 6. The molecule has 0 aromatic heterocycles. The molecule has 2 unspecified atom stereocenters. The molecule has 1 aliphatic carbocycles. The maximum absolute atomic E-state index is 11.6. The maximum Gasteiger partial charge on any atom is 0.328 e. The lowest BCUT2D eigenvalue weighted by atomic mass is 10.1. The summed E-state index contributed by atoms with van der Waals surface area (Å²) < 4.78 is 9.40. The second-order valence-corrected chi connectivity index (χ2v) is 3.91. The fourth-order valence-corrected chi connectivity index (χ4v) is 1.44. The number of hydrogen-bond acceptors (Lipinski definition) is 5. The van der Waals surface area contributed by atoms with Gasteiger partial charge in [0.2, 0.25) is 5.91 Å². The molecular formula is C10H18N2O4. The molecule has 2 atom stereocenters. The van der Waals surface area contributed by atoms with E-state index < -0.39 is 18.1 Å². The van der Waals surface area contributed by atoms with Gasteiger partial charge in [-0.25, -0.2) is 4.79 Å². The number of carbonyl (C=O) groups is 2. The predicted molar refractivity (Wildman–Crippen MR) is 56.5 cm³/mol. The number of amides is 1. The van der Waals surface area contributed by atoms with Gasteiger partial charge in [-0.3, -0.25) is 4.79 Å². The van der Waals surface area contributed by atoms with Crippen LogP contribution in [0.25, 0.3) is 0 Å². The molecule has 1 fully saturated rings. The molecule has 0 spiro atoms. The topological polar surface area (TPSA) is 90.6 Å². The fourth-order valence-electron chi connectivity index (χ4n) is 1.44. The third-order valence-electron chi connectivity index (χ3n) is 2.53. The molecule has 0 aromatic rings. The molecule has 0 saturated heterocycles. The molecule has 92 valence electrons. The van der Waals surface area contributed by atoms with Crippen LogP contribution in [0.2, 0.25) is 0 Å². The van der Waals surface area contributed by atoms with Gasteiger partial charge in [-0.1, -0.05) is 0 Å². The Morgan fingerprint density at radius 1 is 1.44 bits per heavy atom. The zero-order valence-electron chi connectivity index (χ0n) is 9.56. The second-order valence-electron chi connectivity index (χ2n) is 3.91. The van der Waals surface area contributed by atoms with Crippen molar-refractivity contribution in [3.63, 3.8) is 0 Å². The first kappa shape index (κ1) is 12.9. The van der Waals surface area contributed by atoms with E-state index in [1.54, 1.807) is 0 Å². The van der Waals surface area contributed by atoms with Gasteiger partial charge in [-0.05, 0) is 18.8 Å². The van der Waals surface area contributed by atoms with Crippen molar-refractivity contribution < 1.29 is 19.1 Å². The van der Waals surface area contributed by atoms with Crippen LogP contribution < -0.4 is 11.1 Å². The van der Waals surface area contributed by atoms with Crippen LogP contribution in [0, 0.1) is 5.92 Å². The lowest BCUT2D eigenvalue weighted by Gasteiger charge is -2.18. The zero-order valence-corrected chi connectivity index (χ0v) is 9.56. The second kappa shape index (κ2) is 5.81. The van der Waals surface area contributed by atoms with Crippen LogP contribution >= 0.6 is 0 Å². The number of ether oxygens (including phenoxy) is 2. The largest absolute Gasteiger partial charge is 0.467 e. The van der Waals surface area contributed by atoms with E-state index >= 15 is 0 Å². The fraction of sp³-hybridized carbons (Fsp3) is 0.800. The van der Waals surface area contributed by atoms with Gasteiger partial charge in [0.25, 0.3) is 0 Å². The first-order valence-electron chi connectivity index (χ1n) is 5.22. The number of hydrogen-bond donors (Lipinski definition) is 2. The van der Waals surface area contributed by atoms with Gasteiger partial charge in [0.05, 0.1) is 13.7 Å². The average Bonchev–Trinajstić information content (AvgIpc) is 3.08. The maximum atomic E-state index is 11.6. The molecule has 0 radical (unpaired) electrons. The van der Waals surface area contributed by atoms with E-state index in [2.05, 4.69) is 10.1 Å². The Bertz CT molecular complexity index is 266. The normalized spacial score (nSPS) is 18.7. The third-order valence-corrected chi connectivity index (χ3v) is 2.53. The molecule has 1 saturated carbocycles. The number of carbonyl (C=O) groups excluding carboxylic acids is 2. The predicted octanol–water partition coefficient (Wildman–Crippen LogP) is -0.972. The van der Waals surface area contributed by atoms with Gasteiger partial charge in [-0.15, -0.1) is 0 Å². The van der Waals surface area contributed by atoms with Gasteiger partial charge in [-0.2, -0.15) is 0 Å². The summed E-state index contributed by atoms with van der Waals surface area (Å²) in [6.45, 7) is 0.129. The van der Waals surface area contributed by atoms with Crippen LogP contribution in [0.1, 0.15) is 12.8 Å². The van der Waals surface area contributed by atoms with Crippen molar-refractivity contribution in [3.05, 3.63) is 0 Å². The minimum absolute atomic E-state index is 0.129.